The van der Waals surface area contributed by atoms with E-state index in [-0.39, 0.29) is 17.1 Å². The summed E-state index contributed by atoms with van der Waals surface area (Å²) in [5.41, 5.74) is 0. The van der Waals surface area contributed by atoms with Gasteiger partial charge in [0.1, 0.15) is 11.1 Å². The van der Waals surface area contributed by atoms with Crippen LogP contribution in [-0.2, 0) is 14.3 Å². The van der Waals surface area contributed by atoms with Crippen LogP contribution in [0.15, 0.2) is 0 Å². The zero-order chi connectivity index (χ0) is 8.27. The molecule has 1 fully saturated rings. The van der Waals surface area contributed by atoms with E-state index in [0.29, 0.717) is 0 Å². The summed E-state index contributed by atoms with van der Waals surface area (Å²) in [4.78, 5) is 10.6. The van der Waals surface area contributed by atoms with Crippen molar-refractivity contribution in [3.8, 4) is 0 Å². The van der Waals surface area contributed by atoms with Crippen LogP contribution >= 0.6 is 15.9 Å². The van der Waals surface area contributed by atoms with Crippen molar-refractivity contribution in [1.82, 2.24) is 0 Å². The molecule has 0 aromatic heterocycles. The largest absolute Gasteiger partial charge is 0.459 e. The molecule has 1 aliphatic heterocycles. The third kappa shape index (κ3) is 2.79. The summed E-state index contributed by atoms with van der Waals surface area (Å²) in [5, 5.41) is -0.125. The molecule has 3 nitrogen and oxygen atoms in total. The molecule has 0 bridgehead atoms. The number of hydrogen-bond donors (Lipinski definition) is 0. The number of esters is 1. The van der Waals surface area contributed by atoms with E-state index < -0.39 is 0 Å². The molecule has 0 aromatic rings. The summed E-state index contributed by atoms with van der Waals surface area (Å²) >= 11 is 3.28. The van der Waals surface area contributed by atoms with E-state index in [1.165, 1.54) is 6.92 Å². The highest BCUT2D eigenvalue weighted by atomic mass is 79.9. The van der Waals surface area contributed by atoms with Crippen LogP contribution in [0.1, 0.15) is 19.8 Å². The van der Waals surface area contributed by atoms with Gasteiger partial charge in [0.25, 0.3) is 0 Å². The Hall–Kier alpha value is -0.0900. The normalized spacial score (nSPS) is 31.5. The predicted molar refractivity (Wildman–Crippen MR) is 43.5 cm³/mol. The third-order valence-electron chi connectivity index (χ3n) is 1.52. The molecule has 1 rings (SSSR count). The van der Waals surface area contributed by atoms with Gasteiger partial charge >= 0.3 is 5.97 Å². The van der Waals surface area contributed by atoms with Gasteiger partial charge in [-0.25, -0.2) is 0 Å². The average molecular weight is 223 g/mol. The minimum absolute atomic E-state index is 0.110. The molecule has 0 N–H and O–H groups in total. The summed E-state index contributed by atoms with van der Waals surface area (Å²) in [7, 11) is 0. The van der Waals surface area contributed by atoms with Gasteiger partial charge in [-0.1, -0.05) is 15.9 Å². The molecule has 0 amide bonds. The Kier molecular flexibility index (Phi) is 3.33. The van der Waals surface area contributed by atoms with Crippen molar-refractivity contribution < 1.29 is 14.3 Å². The van der Waals surface area contributed by atoms with Crippen LogP contribution in [0.2, 0.25) is 0 Å². The second-order valence-corrected chi connectivity index (χ2v) is 3.41. The minimum atomic E-state index is -0.245. The maximum atomic E-state index is 10.6. The molecule has 0 aromatic carbocycles. The predicted octanol–water partition coefficient (Wildman–Crippen LogP) is 1.45. The molecular weight excluding hydrogens is 212 g/mol. The number of ether oxygens (including phenoxy) is 2. The lowest BCUT2D eigenvalue weighted by molar-refractivity contribution is -0.154. The summed E-state index contributed by atoms with van der Waals surface area (Å²) in [5.74, 6) is -0.245. The molecule has 2 atom stereocenters. The maximum absolute atomic E-state index is 10.6. The molecular formula is C7H11BrO3. The van der Waals surface area contributed by atoms with E-state index in [2.05, 4.69) is 15.9 Å². The molecule has 2 unspecified atom stereocenters. The highest BCUT2D eigenvalue weighted by Gasteiger charge is 2.25. The van der Waals surface area contributed by atoms with Gasteiger partial charge in [-0.15, -0.1) is 0 Å². The van der Waals surface area contributed by atoms with Crippen LogP contribution in [0, 0.1) is 0 Å². The van der Waals surface area contributed by atoms with Crippen molar-refractivity contribution >= 4 is 21.9 Å². The second kappa shape index (κ2) is 4.07. The number of halogens is 1. The Bertz CT molecular complexity index is 149. The molecule has 1 aliphatic rings. The highest BCUT2D eigenvalue weighted by molar-refractivity contribution is 9.09. The van der Waals surface area contributed by atoms with Crippen molar-refractivity contribution in [2.45, 2.75) is 30.9 Å². The van der Waals surface area contributed by atoms with Crippen molar-refractivity contribution in [3.05, 3.63) is 0 Å². The van der Waals surface area contributed by atoms with Crippen LogP contribution in [0.5, 0.6) is 0 Å². The second-order valence-electron chi connectivity index (χ2n) is 2.51. The van der Waals surface area contributed by atoms with Crippen molar-refractivity contribution in [1.29, 1.82) is 0 Å². The zero-order valence-corrected chi connectivity index (χ0v) is 7.96. The Labute approximate surface area is 74.2 Å². The fourth-order valence-corrected chi connectivity index (χ4v) is 1.60. The number of rotatable bonds is 1. The molecule has 1 heterocycles. The maximum Gasteiger partial charge on any atom is 0.303 e. The van der Waals surface area contributed by atoms with Crippen LogP contribution in [0.4, 0.5) is 0 Å². The lowest BCUT2D eigenvalue weighted by Crippen LogP contribution is -2.32. The van der Waals surface area contributed by atoms with Gasteiger partial charge in [-0.2, -0.15) is 0 Å². The summed E-state index contributed by atoms with van der Waals surface area (Å²) in [6, 6.07) is 0. The van der Waals surface area contributed by atoms with Gasteiger partial charge in [0.15, 0.2) is 0 Å². The summed E-state index contributed by atoms with van der Waals surface area (Å²) < 4.78 is 10.2. The standard InChI is InChI=1S/C7H11BrO3/c1-5(9)11-6-3-2-4-10-7(6)8/h6-7H,2-4H2,1H3. The van der Waals surface area contributed by atoms with E-state index in [4.69, 9.17) is 9.47 Å². The average Bonchev–Trinajstić information content (AvgIpc) is 1.93. The first-order chi connectivity index (χ1) is 5.20. The van der Waals surface area contributed by atoms with Gasteiger partial charge in [0.2, 0.25) is 0 Å². The van der Waals surface area contributed by atoms with Crippen molar-refractivity contribution in [3.63, 3.8) is 0 Å². The Morgan fingerprint density at radius 3 is 3.00 bits per heavy atom. The first-order valence-corrected chi connectivity index (χ1v) is 4.54. The molecule has 64 valence electrons. The number of carbonyl (C=O) groups excluding carboxylic acids is 1. The molecule has 1 saturated heterocycles. The number of carbonyl (C=O) groups is 1. The highest BCUT2D eigenvalue weighted by Crippen LogP contribution is 2.21. The van der Waals surface area contributed by atoms with Crippen molar-refractivity contribution in [2.75, 3.05) is 6.61 Å². The molecule has 11 heavy (non-hydrogen) atoms. The Morgan fingerprint density at radius 2 is 2.45 bits per heavy atom. The fraction of sp³-hybridized carbons (Fsp3) is 0.857. The monoisotopic (exact) mass is 222 g/mol. The van der Waals surface area contributed by atoms with E-state index in [0.717, 1.165) is 19.4 Å². The van der Waals surface area contributed by atoms with Gasteiger partial charge < -0.3 is 9.47 Å². The quantitative estimate of drug-likeness (QED) is 0.498. The molecule has 0 saturated carbocycles. The number of hydrogen-bond acceptors (Lipinski definition) is 3. The first-order valence-electron chi connectivity index (χ1n) is 3.63. The SMILES string of the molecule is CC(=O)OC1CCCOC1Br. The van der Waals surface area contributed by atoms with Crippen LogP contribution in [0.25, 0.3) is 0 Å². The summed E-state index contributed by atoms with van der Waals surface area (Å²) in [6.07, 6.45) is 1.73. The smallest absolute Gasteiger partial charge is 0.303 e. The van der Waals surface area contributed by atoms with Crippen LogP contribution < -0.4 is 0 Å². The van der Waals surface area contributed by atoms with E-state index in [9.17, 15) is 4.79 Å². The fourth-order valence-electron chi connectivity index (χ4n) is 1.04. The summed E-state index contributed by atoms with van der Waals surface area (Å²) in [6.45, 7) is 2.15. The number of alkyl halides is 1. The first kappa shape index (κ1) is 9.00. The topological polar surface area (TPSA) is 35.5 Å². The lowest BCUT2D eigenvalue weighted by atomic mass is 10.2. The molecule has 0 aliphatic carbocycles. The third-order valence-corrected chi connectivity index (χ3v) is 2.37. The van der Waals surface area contributed by atoms with E-state index in [1.807, 2.05) is 0 Å². The molecule has 0 radical (unpaired) electrons. The van der Waals surface area contributed by atoms with Gasteiger partial charge in [-0.3, -0.25) is 4.79 Å². The van der Waals surface area contributed by atoms with Crippen LogP contribution in [-0.4, -0.2) is 23.7 Å². The zero-order valence-electron chi connectivity index (χ0n) is 6.38. The van der Waals surface area contributed by atoms with E-state index in [1.54, 1.807) is 0 Å². The van der Waals surface area contributed by atoms with Gasteiger partial charge in [-0.05, 0) is 12.8 Å². The van der Waals surface area contributed by atoms with Crippen LogP contribution in [0.3, 0.4) is 0 Å². The van der Waals surface area contributed by atoms with Gasteiger partial charge in [0.05, 0.1) is 0 Å². The van der Waals surface area contributed by atoms with Gasteiger partial charge in [0, 0.05) is 13.5 Å². The molecule has 4 heteroatoms. The lowest BCUT2D eigenvalue weighted by Gasteiger charge is -2.26. The Balaban J connectivity index is 2.35. The Morgan fingerprint density at radius 1 is 1.73 bits per heavy atom. The van der Waals surface area contributed by atoms with Crippen molar-refractivity contribution in [2.24, 2.45) is 0 Å². The molecule has 0 spiro atoms. The minimum Gasteiger partial charge on any atom is -0.459 e. The van der Waals surface area contributed by atoms with E-state index >= 15 is 0 Å².